The molecule has 1 aromatic rings. The lowest BCUT2D eigenvalue weighted by atomic mass is 10.0. The second kappa shape index (κ2) is 6.06. The van der Waals surface area contributed by atoms with E-state index < -0.39 is 0 Å². The van der Waals surface area contributed by atoms with E-state index in [-0.39, 0.29) is 11.9 Å². The molecule has 0 aliphatic carbocycles. The van der Waals surface area contributed by atoms with Gasteiger partial charge in [0.2, 0.25) is 5.91 Å². The number of methoxy groups -OCH3 is 1. The van der Waals surface area contributed by atoms with Crippen molar-refractivity contribution in [3.8, 4) is 5.75 Å². The van der Waals surface area contributed by atoms with Crippen LogP contribution in [-0.4, -0.2) is 25.6 Å². The maximum atomic E-state index is 12.3. The van der Waals surface area contributed by atoms with Gasteiger partial charge in [-0.25, -0.2) is 0 Å². The van der Waals surface area contributed by atoms with E-state index in [0.29, 0.717) is 6.42 Å². The van der Waals surface area contributed by atoms with Crippen LogP contribution in [0.15, 0.2) is 18.2 Å². The summed E-state index contributed by atoms with van der Waals surface area (Å²) >= 11 is 0. The average molecular weight is 262 g/mol. The first-order valence-corrected chi connectivity index (χ1v) is 6.84. The number of anilines is 1. The van der Waals surface area contributed by atoms with Crippen molar-refractivity contribution in [2.75, 3.05) is 18.6 Å². The molecule has 1 unspecified atom stereocenters. The predicted molar refractivity (Wildman–Crippen MR) is 76.6 cm³/mol. The van der Waals surface area contributed by atoms with Crippen molar-refractivity contribution in [3.05, 3.63) is 23.8 Å². The predicted octanol–water partition coefficient (Wildman–Crippen LogP) is 2.10. The molecule has 1 heterocycles. The smallest absolute Gasteiger partial charge is 0.227 e. The SMILES string of the molecule is COc1ccc2c(c1)CCCN2C(=O)CCC(C)N. The Morgan fingerprint density at radius 1 is 1.53 bits per heavy atom. The molecule has 1 aromatic carbocycles. The molecule has 2 rings (SSSR count). The van der Waals surface area contributed by atoms with E-state index in [2.05, 4.69) is 0 Å². The molecule has 0 bridgehead atoms. The van der Waals surface area contributed by atoms with Crippen molar-refractivity contribution < 1.29 is 9.53 Å². The maximum Gasteiger partial charge on any atom is 0.227 e. The summed E-state index contributed by atoms with van der Waals surface area (Å²) in [7, 11) is 1.66. The first-order chi connectivity index (χ1) is 9.11. The van der Waals surface area contributed by atoms with Gasteiger partial charge in [-0.2, -0.15) is 0 Å². The number of benzene rings is 1. The van der Waals surface area contributed by atoms with Crippen LogP contribution in [0.1, 0.15) is 31.7 Å². The van der Waals surface area contributed by atoms with Crippen molar-refractivity contribution in [1.82, 2.24) is 0 Å². The van der Waals surface area contributed by atoms with Crippen molar-refractivity contribution in [3.63, 3.8) is 0 Å². The molecule has 0 radical (unpaired) electrons. The first-order valence-electron chi connectivity index (χ1n) is 6.84. The van der Waals surface area contributed by atoms with Gasteiger partial charge in [0.15, 0.2) is 0 Å². The molecule has 0 aromatic heterocycles. The number of amides is 1. The van der Waals surface area contributed by atoms with E-state index in [1.807, 2.05) is 30.0 Å². The zero-order chi connectivity index (χ0) is 13.8. The second-order valence-electron chi connectivity index (χ2n) is 5.16. The molecule has 1 aliphatic heterocycles. The number of hydrogen-bond donors (Lipinski definition) is 1. The van der Waals surface area contributed by atoms with Gasteiger partial charge >= 0.3 is 0 Å². The van der Waals surface area contributed by atoms with E-state index in [9.17, 15) is 4.79 Å². The van der Waals surface area contributed by atoms with Gasteiger partial charge in [-0.3, -0.25) is 4.79 Å². The van der Waals surface area contributed by atoms with E-state index in [1.54, 1.807) is 7.11 Å². The number of carbonyl (C=O) groups is 1. The third kappa shape index (κ3) is 3.26. The summed E-state index contributed by atoms with van der Waals surface area (Å²) in [5.41, 5.74) is 7.94. The molecule has 0 spiro atoms. The fraction of sp³-hybridized carbons (Fsp3) is 0.533. The Hall–Kier alpha value is -1.55. The Balaban J connectivity index is 2.15. The number of carbonyl (C=O) groups excluding carboxylic acids is 1. The normalized spacial score (nSPS) is 15.8. The molecule has 2 N–H and O–H groups in total. The van der Waals surface area contributed by atoms with Crippen LogP contribution in [0.2, 0.25) is 0 Å². The highest BCUT2D eigenvalue weighted by Gasteiger charge is 2.22. The monoisotopic (exact) mass is 262 g/mol. The van der Waals surface area contributed by atoms with Crippen LogP contribution < -0.4 is 15.4 Å². The fourth-order valence-corrected chi connectivity index (χ4v) is 2.45. The number of rotatable bonds is 4. The fourth-order valence-electron chi connectivity index (χ4n) is 2.45. The third-order valence-corrected chi connectivity index (χ3v) is 3.52. The van der Waals surface area contributed by atoms with Crippen molar-refractivity contribution in [2.45, 2.75) is 38.6 Å². The molecule has 1 aliphatic rings. The largest absolute Gasteiger partial charge is 0.497 e. The lowest BCUT2D eigenvalue weighted by molar-refractivity contribution is -0.118. The molecule has 1 atom stereocenters. The van der Waals surface area contributed by atoms with Crippen LogP contribution in [0.4, 0.5) is 5.69 Å². The standard InChI is InChI=1S/C15H22N2O2/c1-11(16)5-8-15(18)17-9-3-4-12-10-13(19-2)6-7-14(12)17/h6-7,10-11H,3-5,8-9,16H2,1-2H3. The minimum absolute atomic E-state index is 0.0732. The Bertz CT molecular complexity index is 457. The Kier molecular flexibility index (Phi) is 4.43. The van der Waals surface area contributed by atoms with Gasteiger partial charge in [0.1, 0.15) is 5.75 Å². The second-order valence-corrected chi connectivity index (χ2v) is 5.16. The topological polar surface area (TPSA) is 55.6 Å². The number of hydrogen-bond acceptors (Lipinski definition) is 3. The summed E-state index contributed by atoms with van der Waals surface area (Å²) in [5, 5.41) is 0. The summed E-state index contributed by atoms with van der Waals surface area (Å²) in [6.07, 6.45) is 3.26. The van der Waals surface area contributed by atoms with Gasteiger partial charge in [0.25, 0.3) is 0 Å². The van der Waals surface area contributed by atoms with Gasteiger partial charge in [-0.1, -0.05) is 0 Å². The van der Waals surface area contributed by atoms with Gasteiger partial charge in [0.05, 0.1) is 7.11 Å². The summed E-state index contributed by atoms with van der Waals surface area (Å²) in [6, 6.07) is 6.00. The van der Waals surface area contributed by atoms with Gasteiger partial charge < -0.3 is 15.4 Å². The molecular weight excluding hydrogens is 240 g/mol. The summed E-state index contributed by atoms with van der Waals surface area (Å²) in [4.78, 5) is 14.1. The minimum Gasteiger partial charge on any atom is -0.497 e. The highest BCUT2D eigenvalue weighted by Crippen LogP contribution is 2.31. The molecule has 0 saturated carbocycles. The third-order valence-electron chi connectivity index (χ3n) is 3.52. The number of nitrogens with two attached hydrogens (primary N) is 1. The van der Waals surface area contributed by atoms with Crippen LogP contribution in [0.25, 0.3) is 0 Å². The first kappa shape index (κ1) is 13.9. The number of aryl methyl sites for hydroxylation is 1. The summed E-state index contributed by atoms with van der Waals surface area (Å²) < 4.78 is 5.23. The molecule has 1 amide bonds. The van der Waals surface area contributed by atoms with Crippen LogP contribution in [0, 0.1) is 0 Å². The number of ether oxygens (including phenoxy) is 1. The number of nitrogens with zero attached hydrogens (tertiary/aromatic N) is 1. The Labute approximate surface area is 114 Å². The van der Waals surface area contributed by atoms with Crippen LogP contribution in [0.3, 0.4) is 0 Å². The van der Waals surface area contributed by atoms with E-state index in [4.69, 9.17) is 10.5 Å². The van der Waals surface area contributed by atoms with Gasteiger partial charge in [0, 0.05) is 24.7 Å². The summed E-state index contributed by atoms with van der Waals surface area (Å²) in [6.45, 7) is 2.74. The molecule has 104 valence electrons. The minimum atomic E-state index is 0.0732. The maximum absolute atomic E-state index is 12.3. The highest BCUT2D eigenvalue weighted by atomic mass is 16.5. The van der Waals surface area contributed by atoms with Crippen LogP contribution in [-0.2, 0) is 11.2 Å². The van der Waals surface area contributed by atoms with Crippen LogP contribution in [0.5, 0.6) is 5.75 Å². The zero-order valence-corrected chi connectivity index (χ0v) is 11.7. The van der Waals surface area contributed by atoms with Crippen molar-refractivity contribution in [2.24, 2.45) is 5.73 Å². The molecule has 19 heavy (non-hydrogen) atoms. The summed E-state index contributed by atoms with van der Waals surface area (Å²) in [5.74, 6) is 1.02. The molecule has 0 saturated heterocycles. The average Bonchev–Trinajstić information content (AvgIpc) is 2.43. The molecule has 4 nitrogen and oxygen atoms in total. The van der Waals surface area contributed by atoms with E-state index in [1.165, 1.54) is 5.56 Å². The Morgan fingerprint density at radius 2 is 2.32 bits per heavy atom. The quantitative estimate of drug-likeness (QED) is 0.904. The van der Waals surface area contributed by atoms with Crippen LogP contribution >= 0.6 is 0 Å². The molecule has 0 fully saturated rings. The van der Waals surface area contributed by atoms with Gasteiger partial charge in [-0.05, 0) is 49.9 Å². The van der Waals surface area contributed by atoms with Gasteiger partial charge in [-0.15, -0.1) is 0 Å². The van der Waals surface area contributed by atoms with E-state index >= 15 is 0 Å². The molecular formula is C15H22N2O2. The lowest BCUT2D eigenvalue weighted by Gasteiger charge is -2.30. The Morgan fingerprint density at radius 3 is 3.00 bits per heavy atom. The van der Waals surface area contributed by atoms with Crippen molar-refractivity contribution in [1.29, 1.82) is 0 Å². The van der Waals surface area contributed by atoms with E-state index in [0.717, 1.165) is 37.2 Å². The highest BCUT2D eigenvalue weighted by molar-refractivity contribution is 5.94. The molecule has 4 heteroatoms. The lowest BCUT2D eigenvalue weighted by Crippen LogP contribution is -2.36. The van der Waals surface area contributed by atoms with Crippen molar-refractivity contribution >= 4 is 11.6 Å². The number of fused-ring (bicyclic) bond motifs is 1. The zero-order valence-electron chi connectivity index (χ0n) is 11.7.